The second-order valence-electron chi connectivity index (χ2n) is 37.8. The number of carbonyl (C=O) groups excluding carboxylic acids is 6. The highest BCUT2D eigenvalue weighted by Gasteiger charge is 2.32. The average Bonchev–Trinajstić information content (AvgIpc) is 0.763. The molecular weight excluding hydrogens is 2000 g/mol. The predicted molar refractivity (Wildman–Crippen MR) is 571 cm³/mol. The van der Waals surface area contributed by atoms with Crippen LogP contribution in [0.25, 0.3) is 0 Å². The van der Waals surface area contributed by atoms with Crippen LogP contribution in [0.2, 0.25) is 0 Å². The number of aromatic amines is 9. The Hall–Kier alpha value is -16.9. The highest BCUT2D eigenvalue weighted by molar-refractivity contribution is 14.1. The molecular formula is C111H121IN18O18. The molecule has 770 valence electrons. The van der Waals surface area contributed by atoms with E-state index in [1.165, 1.54) is 67.4 Å². The molecule has 9 N–H and O–H groups in total. The normalized spacial score (nSPS) is 10.6. The average molecular weight is 2120 g/mol. The van der Waals surface area contributed by atoms with Crippen LogP contribution in [-0.4, -0.2) is 97.7 Å². The molecule has 0 aliphatic heterocycles. The highest BCUT2D eigenvalue weighted by Crippen LogP contribution is 2.28. The molecule has 0 aliphatic carbocycles. The van der Waals surface area contributed by atoms with Crippen LogP contribution < -0.4 is 67.5 Å². The van der Waals surface area contributed by atoms with Crippen molar-refractivity contribution in [1.29, 1.82) is 31.6 Å². The maximum Gasteiger partial charge on any atom is 0.329 e. The van der Waals surface area contributed by atoms with E-state index in [0.29, 0.717) is 69.6 Å². The van der Waals surface area contributed by atoms with E-state index in [4.69, 9.17) is 26.3 Å². The maximum absolute atomic E-state index is 13.3. The van der Waals surface area contributed by atoms with Gasteiger partial charge >= 0.3 is 34.1 Å². The van der Waals surface area contributed by atoms with Gasteiger partial charge in [0.1, 0.15) is 17.1 Å². The number of nitrogens with zero attached hydrogens (tertiary/aromatic N) is 9. The standard InChI is InChI=1S/2C20H23N3O3.C19H21N3O3.3C16H15N3O3.C4H9I/c1-11(2)10-23-17(16(12(3)4)19(25)22-20(23)26)18(24)15-7-13(5)6-14(8-15)9-21;1-5-6-7-23-17(16(12(2)3)19(25)22-20(23)26)18(24)15-9-13(4)8-14(10-15)11-21;1-10(2)15-16(22(11(3)4)19(25)21-18(15)24)17(23)14-7-12(5)6-13(8-14)9-20;3*1-8(2)12-13(18-16(22)19-15(12)21)14(20)11-5-9(3)4-10(6-11)7-17;1-2-3-4-5/h6-8,11-12H,10H2,1-5H3,(H,22,25,26);8-10,12H,5-7H2,1-4H3,(H,22,25,26);6-8,10-11H,1-5H3,(H,21,24,25);3*4-6,8H,1-3H3,(H2,18,19,21,22);2-4H2,1H3. The van der Waals surface area contributed by atoms with Gasteiger partial charge in [0.2, 0.25) is 34.7 Å². The monoisotopic (exact) mass is 2120 g/mol. The number of alkyl halides is 1. The summed E-state index contributed by atoms with van der Waals surface area (Å²) in [5, 5.41) is 54.5. The van der Waals surface area contributed by atoms with Crippen molar-refractivity contribution in [3.8, 4) is 36.4 Å². The molecule has 0 saturated carbocycles. The van der Waals surface area contributed by atoms with E-state index in [9.17, 15) is 91.6 Å². The summed E-state index contributed by atoms with van der Waals surface area (Å²) in [5.41, 5.74) is 2.82. The fraction of sp³-hybridized carbons (Fsp3) is 0.351. The Morgan fingerprint density at radius 1 is 0.284 bits per heavy atom. The Balaban J connectivity index is 0.000000269. The van der Waals surface area contributed by atoms with Crippen molar-refractivity contribution in [2.45, 2.75) is 246 Å². The van der Waals surface area contributed by atoms with Crippen molar-refractivity contribution >= 4 is 57.3 Å². The molecule has 6 aromatic heterocycles. The Bertz CT molecular complexity index is 7790. The molecule has 0 amide bonds. The smallest absolute Gasteiger partial charge is 0.304 e. The van der Waals surface area contributed by atoms with E-state index in [0.717, 1.165) is 39.8 Å². The molecule has 0 fully saturated rings. The van der Waals surface area contributed by atoms with Gasteiger partial charge in [-0.3, -0.25) is 101 Å². The van der Waals surface area contributed by atoms with Crippen molar-refractivity contribution in [1.82, 2.24) is 58.6 Å². The Morgan fingerprint density at radius 3 is 0.730 bits per heavy atom. The topological polar surface area (TPSA) is 607 Å². The largest absolute Gasteiger partial charge is 0.329 e. The van der Waals surface area contributed by atoms with Gasteiger partial charge in [-0.2, -0.15) is 31.6 Å². The summed E-state index contributed by atoms with van der Waals surface area (Å²) in [7, 11) is 0. The summed E-state index contributed by atoms with van der Waals surface area (Å²) in [6.45, 7) is 44.3. The number of aryl methyl sites for hydroxylation is 6. The van der Waals surface area contributed by atoms with Gasteiger partial charge in [0, 0.05) is 85.9 Å². The van der Waals surface area contributed by atoms with Crippen LogP contribution in [0.3, 0.4) is 0 Å². The van der Waals surface area contributed by atoms with Gasteiger partial charge in [-0.05, 0) is 257 Å². The minimum atomic E-state index is -0.731. The lowest BCUT2D eigenvalue weighted by Gasteiger charge is -2.20. The maximum atomic E-state index is 13.3. The molecule has 0 unspecified atom stereocenters. The van der Waals surface area contributed by atoms with E-state index in [1.54, 1.807) is 184 Å². The summed E-state index contributed by atoms with van der Waals surface area (Å²) in [5.74, 6) is -4.01. The zero-order valence-electron chi connectivity index (χ0n) is 87.2. The summed E-state index contributed by atoms with van der Waals surface area (Å²) >= 11 is 2.39. The summed E-state index contributed by atoms with van der Waals surface area (Å²) in [6, 6.07) is 40.4. The fourth-order valence-electron chi connectivity index (χ4n) is 16.2. The number of unbranched alkanes of at least 4 members (excludes halogenated alkanes) is 2. The number of hydrogen-bond acceptors (Lipinski definition) is 24. The highest BCUT2D eigenvalue weighted by atomic mass is 127. The second kappa shape index (κ2) is 54.1. The molecule has 0 spiro atoms. The summed E-state index contributed by atoms with van der Waals surface area (Å²) < 4.78 is 5.33. The number of aromatic nitrogens is 12. The zero-order valence-corrected chi connectivity index (χ0v) is 89.4. The third-order valence-electron chi connectivity index (χ3n) is 22.5. The molecule has 148 heavy (non-hydrogen) atoms. The molecule has 36 nitrogen and oxygen atoms in total. The SMILES string of the molecule is CCCCI.CCCCn1c(C(=O)c2cc(C)cc(C#N)c2)c(C(C)C)c(=O)[nH]c1=O.Cc1cc(C#N)cc(C(=O)c2[nH]c(=O)[nH]c(=O)c2C(C)C)c1.Cc1cc(C#N)cc(C(=O)c2[nH]c(=O)[nH]c(=O)c2C(C)C)c1.Cc1cc(C#N)cc(C(=O)c2[nH]c(=O)[nH]c(=O)c2C(C)C)c1.Cc1cc(C#N)cc(C(=O)c2c(C(C)C)c(=O)[nH]c(=O)n2C(C)C)c1.Cc1cc(C#N)cc(C(=O)c2c(C(C)C)c(=O)[nH]c(=O)n2CC(C)C)c1. The van der Waals surface area contributed by atoms with Gasteiger partial charge in [0.05, 0.1) is 86.9 Å². The molecule has 0 saturated heterocycles. The van der Waals surface area contributed by atoms with Crippen LogP contribution in [0.1, 0.15) is 388 Å². The first-order chi connectivity index (χ1) is 69.5. The third-order valence-corrected chi connectivity index (χ3v) is 23.2. The number of nitriles is 6. The number of hydrogen-bond donors (Lipinski definition) is 9. The van der Waals surface area contributed by atoms with Gasteiger partial charge in [0.25, 0.3) is 33.4 Å². The Morgan fingerprint density at radius 2 is 0.507 bits per heavy atom. The van der Waals surface area contributed by atoms with E-state index < -0.39 is 102 Å². The van der Waals surface area contributed by atoms with Crippen molar-refractivity contribution in [3.63, 3.8) is 0 Å². The van der Waals surface area contributed by atoms with Gasteiger partial charge in [-0.1, -0.05) is 146 Å². The van der Waals surface area contributed by atoms with E-state index >= 15 is 0 Å². The van der Waals surface area contributed by atoms with Gasteiger partial charge in [-0.25, -0.2) is 28.8 Å². The predicted octanol–water partition coefficient (Wildman–Crippen LogP) is 15.3. The first-order valence-electron chi connectivity index (χ1n) is 47.7. The van der Waals surface area contributed by atoms with Crippen molar-refractivity contribution in [2.75, 3.05) is 4.43 Å². The van der Waals surface area contributed by atoms with Crippen molar-refractivity contribution in [2.24, 2.45) is 5.92 Å². The van der Waals surface area contributed by atoms with Crippen LogP contribution in [0.15, 0.2) is 167 Å². The summed E-state index contributed by atoms with van der Waals surface area (Å²) in [6.07, 6.45) is 4.27. The number of halogens is 1. The molecule has 6 heterocycles. The first-order valence-corrected chi connectivity index (χ1v) is 49.2. The van der Waals surface area contributed by atoms with Crippen molar-refractivity contribution in [3.05, 3.63) is 402 Å². The molecule has 0 atom stereocenters. The summed E-state index contributed by atoms with van der Waals surface area (Å²) in [4.78, 5) is 243. The molecule has 0 radical (unpaired) electrons. The van der Waals surface area contributed by atoms with Gasteiger partial charge in [0.15, 0.2) is 0 Å². The Labute approximate surface area is 865 Å². The number of ketones is 6. The second-order valence-corrected chi connectivity index (χ2v) is 38.9. The minimum Gasteiger partial charge on any atom is -0.304 e. The molecule has 0 aliphatic rings. The lowest BCUT2D eigenvalue weighted by Crippen LogP contribution is -2.38. The number of nitrogens with one attached hydrogen (secondary N) is 9. The van der Waals surface area contributed by atoms with Gasteiger partial charge < -0.3 is 15.0 Å². The first kappa shape index (κ1) is 120. The molecule has 12 rings (SSSR count). The van der Waals surface area contributed by atoms with E-state index in [1.807, 2.05) is 84.9 Å². The van der Waals surface area contributed by atoms with Crippen LogP contribution in [-0.2, 0) is 13.1 Å². The number of carbonyl (C=O) groups is 6. The number of benzene rings is 6. The van der Waals surface area contributed by atoms with Gasteiger partial charge in [-0.15, -0.1) is 0 Å². The number of H-pyrrole nitrogens is 9. The zero-order chi connectivity index (χ0) is 111. The van der Waals surface area contributed by atoms with Crippen LogP contribution in [0.4, 0.5) is 0 Å². The Kier molecular flexibility index (Phi) is 43.8. The third kappa shape index (κ3) is 31.1. The van der Waals surface area contributed by atoms with Crippen LogP contribution in [0.5, 0.6) is 0 Å². The molecule has 6 aromatic carbocycles. The minimum absolute atomic E-state index is 0.0294. The van der Waals surface area contributed by atoms with Crippen molar-refractivity contribution < 1.29 is 28.8 Å². The van der Waals surface area contributed by atoms with E-state index in [2.05, 4.69) is 74.4 Å². The molecule has 12 aromatic rings. The number of rotatable bonds is 26. The van der Waals surface area contributed by atoms with E-state index in [-0.39, 0.29) is 132 Å². The molecule has 0 bridgehead atoms. The lowest BCUT2D eigenvalue weighted by atomic mass is 9.95. The van der Waals surface area contributed by atoms with Crippen LogP contribution in [0, 0.1) is 115 Å². The molecule has 37 heteroatoms. The van der Waals surface area contributed by atoms with Crippen LogP contribution >= 0.6 is 22.6 Å². The fourth-order valence-corrected chi connectivity index (χ4v) is 16.9. The quantitative estimate of drug-likeness (QED) is 0.0138. The lowest BCUT2D eigenvalue weighted by molar-refractivity contribution is 0.101.